The minimum absolute atomic E-state index is 0.0190. The Hall–Kier alpha value is -3.16. The van der Waals surface area contributed by atoms with Crippen LogP contribution in [-0.2, 0) is 9.59 Å². The molecule has 0 fully saturated rings. The van der Waals surface area contributed by atoms with E-state index in [1.165, 1.54) is 33.1 Å². The molecule has 2 amide bonds. The molecular formula is C18H18F2N2O4. The number of anilines is 2. The smallest absolute Gasteiger partial charge is 0.265 e. The lowest BCUT2D eigenvalue weighted by atomic mass is 10.2. The van der Waals surface area contributed by atoms with Crippen molar-refractivity contribution in [3.05, 3.63) is 48.0 Å². The monoisotopic (exact) mass is 364 g/mol. The first-order valence-corrected chi connectivity index (χ1v) is 7.68. The molecule has 1 atom stereocenters. The van der Waals surface area contributed by atoms with E-state index < -0.39 is 23.6 Å². The van der Waals surface area contributed by atoms with Crippen LogP contribution in [0.3, 0.4) is 0 Å². The fourth-order valence-electron chi connectivity index (χ4n) is 2.13. The van der Waals surface area contributed by atoms with Crippen molar-refractivity contribution < 1.29 is 27.8 Å². The zero-order valence-electron chi connectivity index (χ0n) is 14.4. The quantitative estimate of drug-likeness (QED) is 0.824. The van der Waals surface area contributed by atoms with Crippen molar-refractivity contribution in [3.63, 3.8) is 0 Å². The van der Waals surface area contributed by atoms with E-state index in [-0.39, 0.29) is 11.7 Å². The lowest BCUT2D eigenvalue weighted by molar-refractivity contribution is -0.122. The van der Waals surface area contributed by atoms with Crippen LogP contribution >= 0.6 is 0 Å². The van der Waals surface area contributed by atoms with Crippen LogP contribution in [0.1, 0.15) is 13.8 Å². The first kappa shape index (κ1) is 19.2. The van der Waals surface area contributed by atoms with Gasteiger partial charge in [0.1, 0.15) is 11.5 Å². The van der Waals surface area contributed by atoms with Gasteiger partial charge in [0.2, 0.25) is 5.91 Å². The van der Waals surface area contributed by atoms with Crippen molar-refractivity contribution in [3.8, 4) is 11.5 Å². The van der Waals surface area contributed by atoms with Gasteiger partial charge in [0.05, 0.1) is 12.8 Å². The van der Waals surface area contributed by atoms with Crippen molar-refractivity contribution in [2.75, 3.05) is 17.7 Å². The van der Waals surface area contributed by atoms with Crippen LogP contribution < -0.4 is 20.1 Å². The maximum atomic E-state index is 13.2. The molecule has 0 saturated carbocycles. The predicted octanol–water partition coefficient (Wildman–Crippen LogP) is 3.34. The fraction of sp³-hybridized carbons (Fsp3) is 0.222. The number of methoxy groups -OCH3 is 1. The molecule has 0 aliphatic heterocycles. The summed E-state index contributed by atoms with van der Waals surface area (Å²) in [4.78, 5) is 23.5. The third-order valence-corrected chi connectivity index (χ3v) is 3.35. The molecule has 0 aromatic heterocycles. The first-order valence-electron chi connectivity index (χ1n) is 7.68. The summed E-state index contributed by atoms with van der Waals surface area (Å²) in [6, 6.07) is 7.73. The normalized spacial score (nSPS) is 11.4. The zero-order valence-corrected chi connectivity index (χ0v) is 14.4. The molecule has 1 unspecified atom stereocenters. The molecule has 0 saturated heterocycles. The molecule has 6 nitrogen and oxygen atoms in total. The molecular weight excluding hydrogens is 346 g/mol. The van der Waals surface area contributed by atoms with E-state index in [4.69, 9.17) is 9.47 Å². The lowest BCUT2D eigenvalue weighted by Crippen LogP contribution is -2.30. The van der Waals surface area contributed by atoms with E-state index in [9.17, 15) is 18.4 Å². The van der Waals surface area contributed by atoms with Crippen LogP contribution in [0.2, 0.25) is 0 Å². The Morgan fingerprint density at radius 1 is 1.04 bits per heavy atom. The molecule has 0 spiro atoms. The second-order valence-electron chi connectivity index (χ2n) is 5.42. The van der Waals surface area contributed by atoms with Gasteiger partial charge in [0.15, 0.2) is 17.7 Å². The second-order valence-corrected chi connectivity index (χ2v) is 5.42. The molecule has 2 N–H and O–H groups in total. The van der Waals surface area contributed by atoms with Crippen LogP contribution in [-0.4, -0.2) is 25.0 Å². The number of hydrogen-bond acceptors (Lipinski definition) is 4. The third-order valence-electron chi connectivity index (χ3n) is 3.35. The van der Waals surface area contributed by atoms with E-state index >= 15 is 0 Å². The molecule has 2 aromatic rings. The maximum absolute atomic E-state index is 13.2. The van der Waals surface area contributed by atoms with Crippen molar-refractivity contribution in [2.45, 2.75) is 20.0 Å². The van der Waals surface area contributed by atoms with Gasteiger partial charge in [-0.15, -0.1) is 0 Å². The molecule has 8 heteroatoms. The van der Waals surface area contributed by atoms with Crippen LogP contribution in [0.5, 0.6) is 11.5 Å². The minimum Gasteiger partial charge on any atom is -0.495 e. The lowest BCUT2D eigenvalue weighted by Gasteiger charge is -2.17. The standard InChI is InChI=1S/C18H18F2N2O4/c1-10(26-13-5-6-14(19)15(20)9-13)18(24)22-16-8-12(21-11(2)23)4-7-17(16)25-3/h4-10H,1-3H3,(H,21,23)(H,22,24). The van der Waals surface area contributed by atoms with Crippen molar-refractivity contribution >= 4 is 23.2 Å². The van der Waals surface area contributed by atoms with E-state index in [2.05, 4.69) is 10.6 Å². The highest BCUT2D eigenvalue weighted by atomic mass is 19.2. The Kier molecular flexibility index (Phi) is 6.11. The summed E-state index contributed by atoms with van der Waals surface area (Å²) in [7, 11) is 1.43. The summed E-state index contributed by atoms with van der Waals surface area (Å²) in [5, 5.41) is 5.21. The number of amides is 2. The van der Waals surface area contributed by atoms with Gasteiger partial charge in [0.25, 0.3) is 5.91 Å². The molecule has 0 radical (unpaired) electrons. The van der Waals surface area contributed by atoms with Crippen LogP contribution in [0.25, 0.3) is 0 Å². The average Bonchev–Trinajstić information content (AvgIpc) is 2.58. The van der Waals surface area contributed by atoms with Gasteiger partial charge >= 0.3 is 0 Å². The number of carbonyl (C=O) groups is 2. The van der Waals surface area contributed by atoms with Gasteiger partial charge < -0.3 is 20.1 Å². The molecule has 26 heavy (non-hydrogen) atoms. The van der Waals surface area contributed by atoms with Crippen LogP contribution in [0.15, 0.2) is 36.4 Å². The van der Waals surface area contributed by atoms with Crippen molar-refractivity contribution in [1.29, 1.82) is 0 Å². The topological polar surface area (TPSA) is 76.7 Å². The number of nitrogens with one attached hydrogen (secondary N) is 2. The molecule has 0 heterocycles. The molecule has 0 bridgehead atoms. The van der Waals surface area contributed by atoms with Crippen LogP contribution in [0.4, 0.5) is 20.2 Å². The Labute approximate surface area is 149 Å². The highest BCUT2D eigenvalue weighted by molar-refractivity contribution is 5.97. The molecule has 2 aromatic carbocycles. The van der Waals surface area contributed by atoms with Crippen LogP contribution in [0, 0.1) is 11.6 Å². The van der Waals surface area contributed by atoms with Gasteiger partial charge in [-0.25, -0.2) is 8.78 Å². The largest absolute Gasteiger partial charge is 0.495 e. The summed E-state index contributed by atoms with van der Waals surface area (Å²) in [5.74, 6) is -2.47. The third kappa shape index (κ3) is 4.92. The SMILES string of the molecule is COc1ccc(NC(C)=O)cc1NC(=O)C(C)Oc1ccc(F)c(F)c1. The van der Waals surface area contributed by atoms with E-state index in [1.54, 1.807) is 12.1 Å². The number of ether oxygens (including phenoxy) is 2. The highest BCUT2D eigenvalue weighted by Crippen LogP contribution is 2.28. The molecule has 138 valence electrons. The Balaban J connectivity index is 2.11. The Morgan fingerprint density at radius 2 is 1.77 bits per heavy atom. The summed E-state index contributed by atoms with van der Waals surface area (Å²) >= 11 is 0. The summed E-state index contributed by atoms with van der Waals surface area (Å²) in [6.07, 6.45) is -0.992. The summed E-state index contributed by atoms with van der Waals surface area (Å²) in [5.41, 5.74) is 0.798. The summed E-state index contributed by atoms with van der Waals surface area (Å²) < 4.78 is 36.7. The van der Waals surface area contributed by atoms with Crippen molar-refractivity contribution in [1.82, 2.24) is 0 Å². The molecule has 0 aliphatic carbocycles. The van der Waals surface area contributed by atoms with E-state index in [1.807, 2.05) is 0 Å². The maximum Gasteiger partial charge on any atom is 0.265 e. The van der Waals surface area contributed by atoms with E-state index in [0.29, 0.717) is 17.1 Å². The highest BCUT2D eigenvalue weighted by Gasteiger charge is 2.18. The minimum atomic E-state index is -1.07. The van der Waals surface area contributed by atoms with Gasteiger partial charge in [-0.3, -0.25) is 9.59 Å². The predicted molar refractivity (Wildman–Crippen MR) is 92.4 cm³/mol. The number of halogens is 2. The number of benzene rings is 2. The van der Waals surface area contributed by atoms with Gasteiger partial charge in [-0.2, -0.15) is 0 Å². The Morgan fingerprint density at radius 3 is 2.38 bits per heavy atom. The average molecular weight is 364 g/mol. The number of hydrogen-bond donors (Lipinski definition) is 2. The Bertz CT molecular complexity index is 827. The number of rotatable bonds is 6. The van der Waals surface area contributed by atoms with Gasteiger partial charge in [-0.05, 0) is 37.3 Å². The molecule has 0 aliphatic rings. The second kappa shape index (κ2) is 8.28. The van der Waals surface area contributed by atoms with E-state index in [0.717, 1.165) is 12.1 Å². The number of carbonyl (C=O) groups excluding carboxylic acids is 2. The van der Waals surface area contributed by atoms with Crippen molar-refractivity contribution in [2.24, 2.45) is 0 Å². The zero-order chi connectivity index (χ0) is 19.3. The fourth-order valence-corrected chi connectivity index (χ4v) is 2.13. The molecule has 2 rings (SSSR count). The first-order chi connectivity index (χ1) is 12.3. The van der Waals surface area contributed by atoms with Gasteiger partial charge in [0, 0.05) is 18.7 Å². The van der Waals surface area contributed by atoms with Gasteiger partial charge in [-0.1, -0.05) is 0 Å². The summed E-state index contributed by atoms with van der Waals surface area (Å²) in [6.45, 7) is 2.82.